The lowest BCUT2D eigenvalue weighted by Crippen LogP contribution is -2.48. The van der Waals surface area contributed by atoms with Crippen molar-refractivity contribution >= 4 is 5.91 Å². The van der Waals surface area contributed by atoms with E-state index < -0.39 is 0 Å². The molecule has 1 aromatic carbocycles. The van der Waals surface area contributed by atoms with Gasteiger partial charge in [-0.2, -0.15) is 0 Å². The van der Waals surface area contributed by atoms with E-state index in [-0.39, 0.29) is 12.0 Å². The molecule has 5 heteroatoms. The largest absolute Gasteiger partial charge is 0.392 e. The number of nitrogens with one attached hydrogen (secondary N) is 2. The van der Waals surface area contributed by atoms with E-state index in [1.807, 2.05) is 12.1 Å². The Hall–Kier alpha value is -1.43. The summed E-state index contributed by atoms with van der Waals surface area (Å²) in [5.41, 5.74) is 2.37. The molecule has 3 rings (SSSR count). The molecule has 1 heterocycles. The second-order valence-electron chi connectivity index (χ2n) is 7.13. The number of aliphatic hydroxyl groups excluding tert-OH is 1. The molecule has 1 aliphatic carbocycles. The van der Waals surface area contributed by atoms with Crippen LogP contribution in [0.2, 0.25) is 0 Å². The van der Waals surface area contributed by atoms with Crippen LogP contribution in [0, 0.1) is 6.92 Å². The number of benzene rings is 1. The molecule has 3 N–H and O–H groups in total. The van der Waals surface area contributed by atoms with Crippen molar-refractivity contribution in [2.45, 2.75) is 57.3 Å². The molecule has 1 amide bonds. The van der Waals surface area contributed by atoms with E-state index in [2.05, 4.69) is 34.6 Å². The summed E-state index contributed by atoms with van der Waals surface area (Å²) in [6.07, 6.45) is 4.17. The van der Waals surface area contributed by atoms with Crippen molar-refractivity contribution in [1.82, 2.24) is 15.5 Å². The van der Waals surface area contributed by atoms with Crippen molar-refractivity contribution in [3.8, 4) is 0 Å². The van der Waals surface area contributed by atoms with Gasteiger partial charge in [0.2, 0.25) is 5.91 Å². The van der Waals surface area contributed by atoms with Crippen LogP contribution in [0.1, 0.15) is 36.8 Å². The zero-order valence-corrected chi connectivity index (χ0v) is 14.5. The highest BCUT2D eigenvalue weighted by atomic mass is 16.3. The summed E-state index contributed by atoms with van der Waals surface area (Å²) in [5, 5.41) is 16.2. The van der Waals surface area contributed by atoms with Gasteiger partial charge >= 0.3 is 0 Å². The van der Waals surface area contributed by atoms with Crippen molar-refractivity contribution in [3.63, 3.8) is 0 Å². The summed E-state index contributed by atoms with van der Waals surface area (Å²) in [4.78, 5) is 14.5. The smallest absolute Gasteiger partial charge is 0.234 e. The number of hydrogen-bond acceptors (Lipinski definition) is 4. The molecule has 2 fully saturated rings. The van der Waals surface area contributed by atoms with Crippen LogP contribution in [0.4, 0.5) is 0 Å². The molecular formula is C19H29N3O2. The molecule has 132 valence electrons. The summed E-state index contributed by atoms with van der Waals surface area (Å²) in [6, 6.07) is 8.95. The number of aliphatic hydroxyl groups is 1. The Morgan fingerprint density at radius 2 is 2.12 bits per heavy atom. The zero-order chi connectivity index (χ0) is 16.9. The lowest BCUT2D eigenvalue weighted by molar-refractivity contribution is -0.120. The highest BCUT2D eigenvalue weighted by Gasteiger charge is 2.35. The van der Waals surface area contributed by atoms with Gasteiger partial charge in [0, 0.05) is 31.7 Å². The van der Waals surface area contributed by atoms with Gasteiger partial charge in [-0.3, -0.25) is 9.69 Å². The SMILES string of the molecule is Cc1ccccc1CNC(=O)CN[C@@H]1CCC[C@@H]1N1CCC(O)C1. The first-order valence-electron chi connectivity index (χ1n) is 9.10. The molecule has 1 unspecified atom stereocenters. The monoisotopic (exact) mass is 331 g/mol. The Balaban J connectivity index is 1.43. The average Bonchev–Trinajstić information content (AvgIpc) is 3.20. The maximum Gasteiger partial charge on any atom is 0.234 e. The molecule has 1 aromatic rings. The minimum Gasteiger partial charge on any atom is -0.392 e. The van der Waals surface area contributed by atoms with E-state index in [0.29, 0.717) is 25.2 Å². The molecule has 3 atom stereocenters. The van der Waals surface area contributed by atoms with Crippen LogP contribution in [0.3, 0.4) is 0 Å². The Labute approximate surface area is 144 Å². The van der Waals surface area contributed by atoms with Crippen LogP contribution in [-0.4, -0.2) is 53.7 Å². The number of likely N-dealkylation sites (tertiary alicyclic amines) is 1. The summed E-state index contributed by atoms with van der Waals surface area (Å²) in [5.74, 6) is 0.0466. The van der Waals surface area contributed by atoms with Gasteiger partial charge in [0.15, 0.2) is 0 Å². The van der Waals surface area contributed by atoms with Crippen LogP contribution in [0.5, 0.6) is 0 Å². The van der Waals surface area contributed by atoms with Gasteiger partial charge in [0.05, 0.1) is 12.6 Å². The van der Waals surface area contributed by atoms with Gasteiger partial charge in [-0.05, 0) is 37.3 Å². The lowest BCUT2D eigenvalue weighted by Gasteiger charge is -2.29. The molecular weight excluding hydrogens is 302 g/mol. The number of carbonyl (C=O) groups excluding carboxylic acids is 1. The number of nitrogens with zero attached hydrogens (tertiary/aromatic N) is 1. The van der Waals surface area contributed by atoms with Crippen LogP contribution >= 0.6 is 0 Å². The van der Waals surface area contributed by atoms with E-state index in [9.17, 15) is 9.90 Å². The molecule has 1 aliphatic heterocycles. The standard InChI is InChI=1S/C19H29N3O2/c1-14-5-2-3-6-15(14)11-21-19(24)12-20-17-7-4-8-18(17)22-10-9-16(23)13-22/h2-3,5-6,16-18,20,23H,4,7-13H2,1H3,(H,21,24)/t16?,17-,18+/m1/s1. The second kappa shape index (κ2) is 8.10. The topological polar surface area (TPSA) is 64.6 Å². The van der Waals surface area contributed by atoms with Crippen LogP contribution < -0.4 is 10.6 Å². The predicted molar refractivity (Wildman–Crippen MR) is 94.7 cm³/mol. The van der Waals surface area contributed by atoms with Crippen LogP contribution in [0.25, 0.3) is 0 Å². The van der Waals surface area contributed by atoms with E-state index in [1.54, 1.807) is 0 Å². The predicted octanol–water partition coefficient (Wildman–Crippen LogP) is 1.19. The quantitative estimate of drug-likeness (QED) is 0.733. The molecule has 5 nitrogen and oxygen atoms in total. The van der Waals surface area contributed by atoms with E-state index in [1.165, 1.54) is 12.0 Å². The van der Waals surface area contributed by atoms with E-state index in [0.717, 1.165) is 37.9 Å². The van der Waals surface area contributed by atoms with Crippen molar-refractivity contribution in [3.05, 3.63) is 35.4 Å². The molecule has 0 aromatic heterocycles. The van der Waals surface area contributed by atoms with Crippen molar-refractivity contribution in [2.75, 3.05) is 19.6 Å². The van der Waals surface area contributed by atoms with Gasteiger partial charge in [-0.15, -0.1) is 0 Å². The van der Waals surface area contributed by atoms with Gasteiger partial charge in [-0.1, -0.05) is 30.7 Å². The first-order chi connectivity index (χ1) is 11.6. The third-order valence-corrected chi connectivity index (χ3v) is 5.41. The number of β-amino-alcohol motifs (C(OH)–C–C–N with tert-alkyl or cyclic N) is 1. The summed E-state index contributed by atoms with van der Waals surface area (Å²) >= 11 is 0. The van der Waals surface area contributed by atoms with Gasteiger partial charge in [0.25, 0.3) is 0 Å². The highest BCUT2D eigenvalue weighted by molar-refractivity contribution is 5.78. The first-order valence-corrected chi connectivity index (χ1v) is 9.10. The molecule has 1 saturated heterocycles. The van der Waals surface area contributed by atoms with Gasteiger partial charge in [-0.25, -0.2) is 0 Å². The third-order valence-electron chi connectivity index (χ3n) is 5.41. The Morgan fingerprint density at radius 3 is 2.88 bits per heavy atom. The summed E-state index contributed by atoms with van der Waals surface area (Å²) < 4.78 is 0. The molecule has 24 heavy (non-hydrogen) atoms. The van der Waals surface area contributed by atoms with Crippen molar-refractivity contribution in [1.29, 1.82) is 0 Å². The minimum atomic E-state index is -0.177. The van der Waals surface area contributed by atoms with Crippen LogP contribution in [-0.2, 0) is 11.3 Å². The van der Waals surface area contributed by atoms with Crippen LogP contribution in [0.15, 0.2) is 24.3 Å². The third kappa shape index (κ3) is 4.35. The number of aryl methyl sites for hydroxylation is 1. The van der Waals surface area contributed by atoms with Crippen molar-refractivity contribution < 1.29 is 9.90 Å². The molecule has 0 spiro atoms. The number of rotatable bonds is 6. The van der Waals surface area contributed by atoms with Gasteiger partial charge < -0.3 is 15.7 Å². The van der Waals surface area contributed by atoms with Crippen molar-refractivity contribution in [2.24, 2.45) is 0 Å². The maximum absolute atomic E-state index is 12.1. The molecule has 0 bridgehead atoms. The van der Waals surface area contributed by atoms with E-state index in [4.69, 9.17) is 0 Å². The first kappa shape index (κ1) is 17.4. The normalized spacial score (nSPS) is 27.5. The van der Waals surface area contributed by atoms with Gasteiger partial charge in [0.1, 0.15) is 0 Å². The second-order valence-corrected chi connectivity index (χ2v) is 7.13. The maximum atomic E-state index is 12.1. The fraction of sp³-hybridized carbons (Fsp3) is 0.632. The minimum absolute atomic E-state index is 0.0466. The molecule has 2 aliphatic rings. The summed E-state index contributed by atoms with van der Waals surface area (Å²) in [7, 11) is 0. The number of carbonyl (C=O) groups is 1. The Bertz CT molecular complexity index is 563. The Kier molecular flexibility index (Phi) is 5.87. The van der Waals surface area contributed by atoms with E-state index >= 15 is 0 Å². The number of amides is 1. The molecule has 0 radical (unpaired) electrons. The average molecular weight is 331 g/mol. The Morgan fingerprint density at radius 1 is 1.29 bits per heavy atom. The summed E-state index contributed by atoms with van der Waals surface area (Å²) in [6.45, 7) is 4.77. The lowest BCUT2D eigenvalue weighted by atomic mass is 10.1. The fourth-order valence-corrected chi connectivity index (χ4v) is 3.97. The molecule has 1 saturated carbocycles. The zero-order valence-electron chi connectivity index (χ0n) is 14.5. The highest BCUT2D eigenvalue weighted by Crippen LogP contribution is 2.27. The fourth-order valence-electron chi connectivity index (χ4n) is 3.97. The number of hydrogen-bond donors (Lipinski definition) is 3.